The van der Waals surface area contributed by atoms with E-state index in [4.69, 9.17) is 9.84 Å². The first-order valence-corrected chi connectivity index (χ1v) is 4.61. The Balaban J connectivity index is 2.66. The molecule has 0 unspecified atom stereocenters. The van der Waals surface area contributed by atoms with Gasteiger partial charge in [0.25, 0.3) is 0 Å². The highest BCUT2D eigenvalue weighted by molar-refractivity contribution is 5.87. The highest BCUT2D eigenvalue weighted by Gasteiger charge is 2.04. The molecule has 80 valence electrons. The zero-order valence-electron chi connectivity index (χ0n) is 8.56. The third kappa shape index (κ3) is 3.42. The number of carbonyl (C=O) groups is 1. The Morgan fingerprint density at radius 3 is 2.93 bits per heavy atom. The van der Waals surface area contributed by atoms with Gasteiger partial charge in [-0.2, -0.15) is 0 Å². The fourth-order valence-electron chi connectivity index (χ4n) is 0.902. The van der Waals surface area contributed by atoms with Crippen LogP contribution in [0.1, 0.15) is 23.7 Å². The van der Waals surface area contributed by atoms with Crippen LogP contribution >= 0.6 is 0 Å². The molecule has 1 rings (SSSR count). The Bertz CT molecular complexity index is 374. The van der Waals surface area contributed by atoms with E-state index < -0.39 is 5.97 Å². The summed E-state index contributed by atoms with van der Waals surface area (Å²) in [5, 5.41) is 8.72. The molecule has 0 saturated carbocycles. The second-order valence-corrected chi connectivity index (χ2v) is 3.11. The normalized spacial score (nSPS) is 9.67. The van der Waals surface area contributed by atoms with E-state index in [1.165, 1.54) is 18.5 Å². The topological polar surface area (TPSA) is 59.4 Å². The van der Waals surface area contributed by atoms with Gasteiger partial charge in [0.1, 0.15) is 12.4 Å². The summed E-state index contributed by atoms with van der Waals surface area (Å²) in [6.45, 7) is 6.16. The fourth-order valence-corrected chi connectivity index (χ4v) is 0.902. The number of carboxylic acid groups (broad SMARTS) is 1. The molecule has 0 fully saturated rings. The molecule has 0 amide bonds. The lowest BCUT2D eigenvalue weighted by Gasteiger charge is -2.06. The Morgan fingerprint density at radius 1 is 1.60 bits per heavy atom. The summed E-state index contributed by atoms with van der Waals surface area (Å²) in [6, 6.07) is 1.44. The minimum absolute atomic E-state index is 0.120. The highest BCUT2D eigenvalue weighted by atomic mass is 16.5. The second-order valence-electron chi connectivity index (χ2n) is 3.11. The van der Waals surface area contributed by atoms with Crippen LogP contribution in [-0.4, -0.2) is 22.7 Å². The summed E-state index contributed by atoms with van der Waals surface area (Å²) in [6.07, 6.45) is 3.60. The predicted octanol–water partition coefficient (Wildman–Crippen LogP) is 2.12. The molecule has 4 heteroatoms. The SMILES string of the molecule is C=C(CC)COc1cncc(C(=O)O)c1. The minimum Gasteiger partial charge on any atom is -0.488 e. The quantitative estimate of drug-likeness (QED) is 0.751. The van der Waals surface area contributed by atoms with Crippen LogP contribution in [0.25, 0.3) is 0 Å². The molecule has 0 atom stereocenters. The maximum Gasteiger partial charge on any atom is 0.337 e. The molecule has 1 heterocycles. The molecule has 0 saturated heterocycles. The molecule has 1 aromatic heterocycles. The molecule has 0 spiro atoms. The Morgan fingerprint density at radius 2 is 2.33 bits per heavy atom. The van der Waals surface area contributed by atoms with Gasteiger partial charge in [0.2, 0.25) is 0 Å². The first kappa shape index (κ1) is 11.2. The Labute approximate surface area is 88.2 Å². The van der Waals surface area contributed by atoms with E-state index in [2.05, 4.69) is 11.6 Å². The molecule has 0 aliphatic carbocycles. The van der Waals surface area contributed by atoms with Crippen molar-refractivity contribution in [1.29, 1.82) is 0 Å². The van der Waals surface area contributed by atoms with Gasteiger partial charge in [-0.05, 0) is 18.1 Å². The number of ether oxygens (including phenoxy) is 1. The highest BCUT2D eigenvalue weighted by Crippen LogP contribution is 2.12. The van der Waals surface area contributed by atoms with Crippen LogP contribution in [0.3, 0.4) is 0 Å². The number of hydrogen-bond acceptors (Lipinski definition) is 3. The van der Waals surface area contributed by atoms with Crippen molar-refractivity contribution in [2.24, 2.45) is 0 Å². The van der Waals surface area contributed by atoms with Gasteiger partial charge in [0, 0.05) is 6.20 Å². The maximum atomic E-state index is 10.6. The molecule has 4 nitrogen and oxygen atoms in total. The number of aromatic nitrogens is 1. The van der Waals surface area contributed by atoms with Crippen molar-refractivity contribution in [2.75, 3.05) is 6.61 Å². The fraction of sp³-hybridized carbons (Fsp3) is 0.273. The zero-order valence-corrected chi connectivity index (χ0v) is 8.56. The van der Waals surface area contributed by atoms with Gasteiger partial charge < -0.3 is 9.84 Å². The molecule has 1 N–H and O–H groups in total. The monoisotopic (exact) mass is 207 g/mol. The number of aromatic carboxylic acids is 1. The van der Waals surface area contributed by atoms with E-state index >= 15 is 0 Å². The lowest BCUT2D eigenvalue weighted by atomic mass is 10.2. The molecule has 0 aliphatic heterocycles. The molecule has 15 heavy (non-hydrogen) atoms. The van der Waals surface area contributed by atoms with Crippen LogP contribution in [0.15, 0.2) is 30.6 Å². The average molecular weight is 207 g/mol. The van der Waals surface area contributed by atoms with Gasteiger partial charge >= 0.3 is 5.97 Å². The van der Waals surface area contributed by atoms with Crippen LogP contribution in [0, 0.1) is 0 Å². The lowest BCUT2D eigenvalue weighted by molar-refractivity contribution is 0.0696. The van der Waals surface area contributed by atoms with E-state index in [-0.39, 0.29) is 5.56 Å². The number of rotatable bonds is 5. The van der Waals surface area contributed by atoms with E-state index in [1.54, 1.807) is 0 Å². The molecule has 0 aromatic carbocycles. The Hall–Kier alpha value is -1.84. The predicted molar refractivity (Wildman–Crippen MR) is 56.1 cm³/mol. The van der Waals surface area contributed by atoms with Crippen LogP contribution in [0.2, 0.25) is 0 Å². The van der Waals surface area contributed by atoms with Gasteiger partial charge in [-0.25, -0.2) is 4.79 Å². The van der Waals surface area contributed by atoms with Crippen molar-refractivity contribution in [1.82, 2.24) is 4.98 Å². The molecule has 1 aromatic rings. The number of hydrogen-bond donors (Lipinski definition) is 1. The van der Waals surface area contributed by atoms with Crippen molar-refractivity contribution >= 4 is 5.97 Å². The Kier molecular flexibility index (Phi) is 3.85. The van der Waals surface area contributed by atoms with Crippen LogP contribution in [-0.2, 0) is 0 Å². The van der Waals surface area contributed by atoms with Crippen LogP contribution < -0.4 is 4.74 Å². The first-order valence-electron chi connectivity index (χ1n) is 4.61. The average Bonchev–Trinajstić information content (AvgIpc) is 2.26. The third-order valence-corrected chi connectivity index (χ3v) is 1.90. The summed E-state index contributed by atoms with van der Waals surface area (Å²) >= 11 is 0. The van der Waals surface area contributed by atoms with Gasteiger partial charge in [-0.3, -0.25) is 4.98 Å². The molecular formula is C11H13NO3. The summed E-state index contributed by atoms with van der Waals surface area (Å²) < 4.78 is 5.32. The van der Waals surface area contributed by atoms with Gasteiger partial charge in [-0.15, -0.1) is 0 Å². The minimum atomic E-state index is -1.01. The van der Waals surface area contributed by atoms with Crippen molar-refractivity contribution in [3.05, 3.63) is 36.2 Å². The smallest absolute Gasteiger partial charge is 0.337 e. The van der Waals surface area contributed by atoms with Crippen LogP contribution in [0.4, 0.5) is 0 Å². The van der Waals surface area contributed by atoms with Crippen molar-refractivity contribution in [2.45, 2.75) is 13.3 Å². The van der Waals surface area contributed by atoms with Gasteiger partial charge in [0.05, 0.1) is 11.8 Å². The third-order valence-electron chi connectivity index (χ3n) is 1.90. The second kappa shape index (κ2) is 5.14. The van der Waals surface area contributed by atoms with Crippen molar-refractivity contribution in [3.8, 4) is 5.75 Å². The number of nitrogens with zero attached hydrogens (tertiary/aromatic N) is 1. The number of carboxylic acids is 1. The van der Waals surface area contributed by atoms with E-state index in [9.17, 15) is 4.79 Å². The largest absolute Gasteiger partial charge is 0.488 e. The van der Waals surface area contributed by atoms with Gasteiger partial charge in [0.15, 0.2) is 0 Å². The molecule has 0 bridgehead atoms. The van der Waals surface area contributed by atoms with Crippen LogP contribution in [0.5, 0.6) is 5.75 Å². The van der Waals surface area contributed by atoms with Crippen molar-refractivity contribution in [3.63, 3.8) is 0 Å². The molecular weight excluding hydrogens is 194 g/mol. The zero-order chi connectivity index (χ0) is 11.3. The lowest BCUT2D eigenvalue weighted by Crippen LogP contribution is -2.02. The van der Waals surface area contributed by atoms with E-state index in [0.717, 1.165) is 12.0 Å². The van der Waals surface area contributed by atoms with Gasteiger partial charge in [-0.1, -0.05) is 13.5 Å². The first-order chi connectivity index (χ1) is 7.13. The van der Waals surface area contributed by atoms with Crippen molar-refractivity contribution < 1.29 is 14.6 Å². The number of pyridine rings is 1. The summed E-state index contributed by atoms with van der Waals surface area (Å²) in [7, 11) is 0. The summed E-state index contributed by atoms with van der Waals surface area (Å²) in [4.78, 5) is 14.4. The summed E-state index contributed by atoms with van der Waals surface area (Å²) in [5.74, 6) is -0.563. The molecule has 0 aliphatic rings. The maximum absolute atomic E-state index is 10.6. The summed E-state index contributed by atoms with van der Waals surface area (Å²) in [5.41, 5.74) is 1.07. The standard InChI is InChI=1S/C11H13NO3/c1-3-8(2)7-15-10-4-9(11(13)14)5-12-6-10/h4-6H,2-3,7H2,1H3,(H,13,14). The van der Waals surface area contributed by atoms with E-state index in [1.807, 2.05) is 6.92 Å². The van der Waals surface area contributed by atoms with E-state index in [0.29, 0.717) is 12.4 Å². The molecule has 0 radical (unpaired) electrons.